The highest BCUT2D eigenvalue weighted by atomic mass is 35.5. The predicted octanol–water partition coefficient (Wildman–Crippen LogP) is 2.15. The van der Waals surface area contributed by atoms with Crippen molar-refractivity contribution >= 4 is 41.1 Å². The molecular weight excluding hydrogens is 422 g/mol. The van der Waals surface area contributed by atoms with Gasteiger partial charge in [0.05, 0.1) is 11.1 Å². The van der Waals surface area contributed by atoms with Gasteiger partial charge in [0, 0.05) is 12.0 Å². The van der Waals surface area contributed by atoms with Gasteiger partial charge >= 0.3 is 0 Å². The zero-order valence-corrected chi connectivity index (χ0v) is 17.2. The number of benzene rings is 2. The van der Waals surface area contributed by atoms with Crippen molar-refractivity contribution in [1.82, 2.24) is 15.5 Å². The van der Waals surface area contributed by atoms with E-state index in [4.69, 9.17) is 11.6 Å². The third kappa shape index (κ3) is 3.48. The van der Waals surface area contributed by atoms with Crippen molar-refractivity contribution in [3.05, 3.63) is 70.8 Å². The minimum atomic E-state index is -1.47. The highest BCUT2D eigenvalue weighted by molar-refractivity contribution is 6.25. The molecule has 2 atom stereocenters. The van der Waals surface area contributed by atoms with Crippen molar-refractivity contribution in [3.63, 3.8) is 0 Å². The van der Waals surface area contributed by atoms with Crippen LogP contribution in [0.1, 0.15) is 61.9 Å². The Kier molecular flexibility index (Phi) is 5.10. The molecule has 0 unspecified atom stereocenters. The van der Waals surface area contributed by atoms with Gasteiger partial charge in [-0.1, -0.05) is 35.9 Å². The van der Waals surface area contributed by atoms with Crippen LogP contribution in [0.4, 0.5) is 0 Å². The number of amides is 5. The third-order valence-electron chi connectivity index (χ3n) is 5.57. The van der Waals surface area contributed by atoms with Crippen LogP contribution in [0.2, 0.25) is 0 Å². The molecule has 1 saturated heterocycles. The molecule has 2 N–H and O–H groups in total. The molecule has 4 rings (SSSR count). The number of carbonyl (C=O) groups is 5. The number of fused-ring (bicyclic) bond motifs is 1. The number of hydrogen-bond donors (Lipinski definition) is 2. The van der Waals surface area contributed by atoms with Crippen LogP contribution in [0.3, 0.4) is 0 Å². The van der Waals surface area contributed by atoms with Gasteiger partial charge in [-0.3, -0.25) is 34.2 Å². The van der Waals surface area contributed by atoms with Crippen molar-refractivity contribution in [2.24, 2.45) is 0 Å². The lowest BCUT2D eigenvalue weighted by molar-refractivity contribution is -0.140. The third-order valence-corrected chi connectivity index (χ3v) is 5.93. The molecule has 31 heavy (non-hydrogen) atoms. The van der Waals surface area contributed by atoms with E-state index in [0.29, 0.717) is 11.1 Å². The van der Waals surface area contributed by atoms with E-state index < -0.39 is 34.7 Å². The van der Waals surface area contributed by atoms with Gasteiger partial charge in [-0.2, -0.15) is 0 Å². The van der Waals surface area contributed by atoms with Crippen molar-refractivity contribution in [2.45, 2.75) is 30.8 Å². The molecule has 2 aromatic rings. The Balaban J connectivity index is 1.59. The minimum Gasteiger partial charge on any atom is -0.332 e. The van der Waals surface area contributed by atoms with E-state index in [9.17, 15) is 24.0 Å². The summed E-state index contributed by atoms with van der Waals surface area (Å²) < 4.78 is 0. The number of hydrogen-bond acceptors (Lipinski definition) is 5. The zero-order chi connectivity index (χ0) is 22.3. The first-order valence-corrected chi connectivity index (χ1v) is 10.0. The largest absolute Gasteiger partial charge is 0.332 e. The van der Waals surface area contributed by atoms with Crippen LogP contribution in [-0.4, -0.2) is 40.0 Å². The number of carbonyl (C=O) groups excluding carboxylic acids is 5. The summed E-state index contributed by atoms with van der Waals surface area (Å²) in [7, 11) is 0. The van der Waals surface area contributed by atoms with Crippen LogP contribution in [0, 0.1) is 0 Å². The molecule has 0 saturated carbocycles. The number of piperidine rings is 1. The molecule has 0 radical (unpaired) electrons. The van der Waals surface area contributed by atoms with Crippen LogP contribution in [0.5, 0.6) is 0 Å². The summed E-state index contributed by atoms with van der Waals surface area (Å²) in [5, 5.41) is 4.83. The molecule has 9 heteroatoms. The number of nitrogens with one attached hydrogen (secondary N) is 2. The van der Waals surface area contributed by atoms with Crippen LogP contribution in [-0.2, 0) is 9.59 Å². The molecule has 2 aromatic carbocycles. The maximum Gasteiger partial charge on any atom is 0.262 e. The first-order chi connectivity index (χ1) is 14.7. The number of halogens is 1. The van der Waals surface area contributed by atoms with E-state index in [-0.39, 0.29) is 29.9 Å². The fourth-order valence-electron chi connectivity index (χ4n) is 3.74. The fraction of sp³-hybridized carbons (Fsp3) is 0.227. The summed E-state index contributed by atoms with van der Waals surface area (Å²) in [4.78, 5) is 63.2. The van der Waals surface area contributed by atoms with Crippen molar-refractivity contribution in [2.75, 3.05) is 0 Å². The maximum absolute atomic E-state index is 13.1. The second kappa shape index (κ2) is 7.63. The van der Waals surface area contributed by atoms with E-state index in [0.717, 1.165) is 4.90 Å². The SMILES string of the molecule is C[C@]1(N2C(=O)c3ccc([C@H](Cl)NC(=O)c4ccccc4)cc3C2=O)CCC(=O)NC1=O. The van der Waals surface area contributed by atoms with Crippen LogP contribution >= 0.6 is 11.6 Å². The Labute approximate surface area is 182 Å². The van der Waals surface area contributed by atoms with E-state index in [1.807, 2.05) is 0 Å². The average Bonchev–Trinajstić information content (AvgIpc) is 3.02. The zero-order valence-electron chi connectivity index (χ0n) is 16.5. The smallest absolute Gasteiger partial charge is 0.262 e. The van der Waals surface area contributed by atoms with Gasteiger partial charge in [0.1, 0.15) is 11.0 Å². The highest BCUT2D eigenvalue weighted by Crippen LogP contribution is 2.35. The standard InChI is InChI=1S/C22H18ClN3O5/c1-22(10-9-16(27)24-21(22)31)26-19(29)14-8-7-13(11-15(14)20(26)30)17(23)25-18(28)12-5-3-2-4-6-12/h2-8,11,17H,9-10H2,1H3,(H,25,28)(H,24,27,31)/t17-,22+/m1/s1. The molecule has 1 fully saturated rings. The van der Waals surface area contributed by atoms with E-state index in [1.165, 1.54) is 19.1 Å². The first kappa shape index (κ1) is 20.7. The van der Waals surface area contributed by atoms with Gasteiger partial charge in [-0.25, -0.2) is 0 Å². The summed E-state index contributed by atoms with van der Waals surface area (Å²) in [6, 6.07) is 12.9. The summed E-state index contributed by atoms with van der Waals surface area (Å²) in [6.45, 7) is 1.46. The number of imide groups is 2. The molecule has 0 aromatic heterocycles. The van der Waals surface area contributed by atoms with Gasteiger partial charge in [0.25, 0.3) is 23.6 Å². The Morgan fingerprint density at radius 1 is 1.06 bits per heavy atom. The Morgan fingerprint density at radius 2 is 1.74 bits per heavy atom. The maximum atomic E-state index is 13.1. The monoisotopic (exact) mass is 439 g/mol. The van der Waals surface area contributed by atoms with Gasteiger partial charge in [-0.15, -0.1) is 0 Å². The van der Waals surface area contributed by atoms with Gasteiger partial charge in [-0.05, 0) is 43.2 Å². The van der Waals surface area contributed by atoms with Crippen molar-refractivity contribution in [1.29, 1.82) is 0 Å². The summed E-state index contributed by atoms with van der Waals surface area (Å²) in [5.41, 5.74) is -1.34. The second-order valence-corrected chi connectivity index (χ2v) is 8.04. The lowest BCUT2D eigenvalue weighted by Crippen LogP contribution is -2.62. The van der Waals surface area contributed by atoms with Gasteiger partial charge in [0.15, 0.2) is 0 Å². The van der Waals surface area contributed by atoms with E-state index in [1.54, 1.807) is 36.4 Å². The molecular formula is C22H18ClN3O5. The van der Waals surface area contributed by atoms with Gasteiger partial charge in [0.2, 0.25) is 5.91 Å². The summed E-state index contributed by atoms with van der Waals surface area (Å²) in [6.07, 6.45) is 0.0669. The number of alkyl halides is 1. The van der Waals surface area contributed by atoms with Crippen LogP contribution < -0.4 is 10.6 Å². The normalized spacial score (nSPS) is 21.5. The predicted molar refractivity (Wildman–Crippen MR) is 110 cm³/mol. The van der Waals surface area contributed by atoms with Gasteiger partial charge < -0.3 is 5.32 Å². The highest BCUT2D eigenvalue weighted by Gasteiger charge is 2.52. The molecule has 0 aliphatic carbocycles. The van der Waals surface area contributed by atoms with E-state index >= 15 is 0 Å². The lowest BCUT2D eigenvalue weighted by Gasteiger charge is -2.38. The topological polar surface area (TPSA) is 113 Å². The van der Waals surface area contributed by atoms with Crippen molar-refractivity contribution < 1.29 is 24.0 Å². The molecule has 158 valence electrons. The molecule has 2 aliphatic rings. The van der Waals surface area contributed by atoms with E-state index in [2.05, 4.69) is 10.6 Å². The molecule has 0 bridgehead atoms. The Bertz CT molecular complexity index is 1130. The second-order valence-electron chi connectivity index (χ2n) is 7.60. The molecule has 5 amide bonds. The summed E-state index contributed by atoms with van der Waals surface area (Å²) in [5.74, 6) is -2.78. The molecule has 8 nitrogen and oxygen atoms in total. The number of nitrogens with zero attached hydrogens (tertiary/aromatic N) is 1. The van der Waals surface area contributed by atoms with Crippen molar-refractivity contribution in [3.8, 4) is 0 Å². The minimum absolute atomic E-state index is 0.0240. The summed E-state index contributed by atoms with van der Waals surface area (Å²) >= 11 is 6.35. The fourth-order valence-corrected chi connectivity index (χ4v) is 3.98. The molecule has 0 spiro atoms. The molecule has 2 heterocycles. The Morgan fingerprint density at radius 3 is 2.42 bits per heavy atom. The molecule has 2 aliphatic heterocycles. The van der Waals surface area contributed by atoms with Crippen LogP contribution in [0.15, 0.2) is 48.5 Å². The van der Waals surface area contributed by atoms with Crippen LogP contribution in [0.25, 0.3) is 0 Å². The first-order valence-electron chi connectivity index (χ1n) is 9.59. The quantitative estimate of drug-likeness (QED) is 0.430. The number of rotatable bonds is 4. The lowest BCUT2D eigenvalue weighted by atomic mass is 9.89. The Hall–Kier alpha value is -3.52. The average molecular weight is 440 g/mol.